The molecule has 0 aromatic heterocycles. The van der Waals surface area contributed by atoms with Gasteiger partial charge in [-0.1, -0.05) is 11.6 Å². The lowest BCUT2D eigenvalue weighted by Gasteiger charge is -2.35. The maximum atomic E-state index is 13.9. The van der Waals surface area contributed by atoms with Crippen molar-refractivity contribution in [3.8, 4) is 0 Å². The van der Waals surface area contributed by atoms with Crippen molar-refractivity contribution < 1.29 is 18.4 Å². The zero-order valence-electron chi connectivity index (χ0n) is 17.8. The summed E-state index contributed by atoms with van der Waals surface area (Å²) in [6.45, 7) is 7.91. The molecular formula is C23H31F2N3O2. The molecule has 2 heterocycles. The predicted molar refractivity (Wildman–Crippen MR) is 112 cm³/mol. The lowest BCUT2D eigenvalue weighted by molar-refractivity contribution is -0.127. The molecular weight excluding hydrogens is 388 g/mol. The van der Waals surface area contributed by atoms with Crippen LogP contribution in [0.4, 0.5) is 8.78 Å². The first-order valence-electron chi connectivity index (χ1n) is 10.7. The molecule has 7 heteroatoms. The highest BCUT2D eigenvalue weighted by molar-refractivity contribution is 5.94. The first-order chi connectivity index (χ1) is 14.3. The number of rotatable bonds is 5. The second-order valence-corrected chi connectivity index (χ2v) is 8.56. The van der Waals surface area contributed by atoms with Gasteiger partial charge in [0.2, 0.25) is 5.91 Å². The summed E-state index contributed by atoms with van der Waals surface area (Å²) in [5.41, 5.74) is 1.19. The summed E-state index contributed by atoms with van der Waals surface area (Å²) < 4.78 is 26.9. The van der Waals surface area contributed by atoms with Gasteiger partial charge >= 0.3 is 0 Å². The van der Waals surface area contributed by atoms with Gasteiger partial charge in [-0.15, -0.1) is 0 Å². The summed E-state index contributed by atoms with van der Waals surface area (Å²) in [5.74, 6) is -2.08. The number of allylic oxidation sites excluding steroid dienone is 1. The number of carbonyl (C=O) groups is 2. The van der Waals surface area contributed by atoms with E-state index in [0.29, 0.717) is 25.9 Å². The third-order valence-electron chi connectivity index (χ3n) is 6.01. The second-order valence-electron chi connectivity index (χ2n) is 8.56. The van der Waals surface area contributed by atoms with Crippen LogP contribution >= 0.6 is 0 Å². The molecule has 1 aromatic rings. The fourth-order valence-electron chi connectivity index (χ4n) is 4.07. The van der Waals surface area contributed by atoms with Crippen molar-refractivity contribution in [2.45, 2.75) is 45.6 Å². The van der Waals surface area contributed by atoms with E-state index in [4.69, 9.17) is 0 Å². The van der Waals surface area contributed by atoms with E-state index in [9.17, 15) is 18.4 Å². The molecule has 0 aliphatic carbocycles. The van der Waals surface area contributed by atoms with Gasteiger partial charge < -0.3 is 10.2 Å². The molecule has 2 aliphatic heterocycles. The van der Waals surface area contributed by atoms with Gasteiger partial charge in [-0.2, -0.15) is 0 Å². The maximum Gasteiger partial charge on any atom is 0.256 e. The molecule has 0 atom stereocenters. The fourth-order valence-corrected chi connectivity index (χ4v) is 4.07. The zero-order valence-corrected chi connectivity index (χ0v) is 17.8. The number of carbonyl (C=O) groups excluding carboxylic acids is 2. The Morgan fingerprint density at radius 1 is 1.07 bits per heavy atom. The van der Waals surface area contributed by atoms with Crippen molar-refractivity contribution in [1.29, 1.82) is 0 Å². The molecule has 0 unspecified atom stereocenters. The third kappa shape index (κ3) is 5.88. The summed E-state index contributed by atoms with van der Waals surface area (Å²) >= 11 is 0. The third-order valence-corrected chi connectivity index (χ3v) is 6.01. The Kier molecular flexibility index (Phi) is 7.58. The van der Waals surface area contributed by atoms with E-state index in [1.54, 1.807) is 4.90 Å². The van der Waals surface area contributed by atoms with Crippen LogP contribution in [0.25, 0.3) is 0 Å². The van der Waals surface area contributed by atoms with Gasteiger partial charge in [0.15, 0.2) is 0 Å². The molecule has 30 heavy (non-hydrogen) atoms. The Labute approximate surface area is 177 Å². The molecule has 1 aromatic carbocycles. The van der Waals surface area contributed by atoms with Crippen molar-refractivity contribution in [3.63, 3.8) is 0 Å². The van der Waals surface area contributed by atoms with Crippen LogP contribution in [-0.4, -0.2) is 60.4 Å². The molecule has 0 spiro atoms. The normalized spacial score (nSPS) is 18.9. The molecule has 164 valence electrons. The first-order valence-corrected chi connectivity index (χ1v) is 10.7. The molecule has 2 saturated heterocycles. The van der Waals surface area contributed by atoms with Crippen molar-refractivity contribution in [1.82, 2.24) is 15.1 Å². The van der Waals surface area contributed by atoms with E-state index in [1.165, 1.54) is 11.6 Å². The van der Waals surface area contributed by atoms with Gasteiger partial charge in [0.1, 0.15) is 11.6 Å². The van der Waals surface area contributed by atoms with Crippen molar-refractivity contribution in [3.05, 3.63) is 47.0 Å². The maximum absolute atomic E-state index is 13.9. The highest BCUT2D eigenvalue weighted by atomic mass is 19.1. The van der Waals surface area contributed by atoms with Crippen molar-refractivity contribution >= 4 is 11.8 Å². The van der Waals surface area contributed by atoms with Crippen LogP contribution in [0, 0.1) is 17.6 Å². The first kappa shape index (κ1) is 22.4. The van der Waals surface area contributed by atoms with Crippen molar-refractivity contribution in [2.24, 2.45) is 5.92 Å². The number of benzene rings is 1. The molecule has 2 fully saturated rings. The number of nitrogens with one attached hydrogen (secondary N) is 1. The summed E-state index contributed by atoms with van der Waals surface area (Å²) in [7, 11) is 0. The Bertz CT molecular complexity index is 792. The van der Waals surface area contributed by atoms with E-state index in [1.807, 2.05) is 0 Å². The minimum Gasteiger partial charge on any atom is -0.353 e. The quantitative estimate of drug-likeness (QED) is 0.745. The van der Waals surface area contributed by atoms with Crippen LogP contribution in [0.2, 0.25) is 0 Å². The minimum absolute atomic E-state index is 0.0535. The predicted octanol–water partition coefficient (Wildman–Crippen LogP) is 3.36. The monoisotopic (exact) mass is 419 g/mol. The zero-order chi connectivity index (χ0) is 21.7. The van der Waals surface area contributed by atoms with Gasteiger partial charge in [-0.05, 0) is 51.7 Å². The molecule has 5 nitrogen and oxygen atoms in total. The number of likely N-dealkylation sites (tertiary alicyclic amines) is 2. The highest BCUT2D eigenvalue weighted by Gasteiger charge is 2.30. The van der Waals surface area contributed by atoms with Crippen LogP contribution in [0.5, 0.6) is 0 Å². The molecule has 0 radical (unpaired) electrons. The Morgan fingerprint density at radius 3 is 2.33 bits per heavy atom. The Balaban J connectivity index is 1.43. The van der Waals surface area contributed by atoms with Crippen LogP contribution < -0.4 is 5.32 Å². The topological polar surface area (TPSA) is 52.7 Å². The summed E-state index contributed by atoms with van der Waals surface area (Å²) in [6.07, 6.45) is 5.23. The van der Waals surface area contributed by atoms with Gasteiger partial charge in [0.05, 0.1) is 5.56 Å². The number of hydrogen-bond donors (Lipinski definition) is 1. The molecule has 3 rings (SSSR count). The van der Waals surface area contributed by atoms with E-state index < -0.39 is 17.5 Å². The average Bonchev–Trinajstić information content (AvgIpc) is 2.73. The summed E-state index contributed by atoms with van der Waals surface area (Å²) in [5, 5.41) is 3.18. The van der Waals surface area contributed by atoms with E-state index >= 15 is 0 Å². The number of hydrogen-bond acceptors (Lipinski definition) is 3. The van der Waals surface area contributed by atoms with E-state index in [2.05, 4.69) is 30.1 Å². The lowest BCUT2D eigenvalue weighted by Crippen LogP contribution is -2.48. The van der Waals surface area contributed by atoms with Gasteiger partial charge in [-0.25, -0.2) is 8.78 Å². The van der Waals surface area contributed by atoms with Crippen LogP contribution in [-0.2, 0) is 4.79 Å². The molecule has 0 bridgehead atoms. The lowest BCUT2D eigenvalue weighted by atomic mass is 9.94. The van der Waals surface area contributed by atoms with E-state index in [0.717, 1.165) is 44.6 Å². The SMILES string of the molecule is CC(C)=CCN1CCC(NC(=O)C2CCN(C(=O)c3ccc(F)cc3F)CC2)CC1. The van der Waals surface area contributed by atoms with E-state index in [-0.39, 0.29) is 23.4 Å². The van der Waals surface area contributed by atoms with Crippen molar-refractivity contribution in [2.75, 3.05) is 32.7 Å². The average molecular weight is 420 g/mol. The number of piperidine rings is 2. The van der Waals surface area contributed by atoms with Crippen LogP contribution in [0.15, 0.2) is 29.8 Å². The number of nitrogens with zero attached hydrogens (tertiary/aromatic N) is 2. The minimum atomic E-state index is -0.851. The van der Waals surface area contributed by atoms with Gasteiger partial charge in [-0.3, -0.25) is 14.5 Å². The Morgan fingerprint density at radius 2 is 1.73 bits per heavy atom. The van der Waals surface area contributed by atoms with Gasteiger partial charge in [0, 0.05) is 50.7 Å². The number of halogens is 2. The Hall–Kier alpha value is -2.28. The molecule has 2 aliphatic rings. The standard InChI is InChI=1S/C23H31F2N3O2/c1-16(2)5-10-27-11-8-19(9-12-27)26-22(29)17-6-13-28(14-7-17)23(30)20-4-3-18(24)15-21(20)25/h3-5,15,17,19H,6-14H2,1-2H3,(H,26,29). The van der Waals surface area contributed by atoms with Crippen LogP contribution in [0.3, 0.4) is 0 Å². The molecule has 1 N–H and O–H groups in total. The smallest absolute Gasteiger partial charge is 0.256 e. The molecule has 0 saturated carbocycles. The van der Waals surface area contributed by atoms with Gasteiger partial charge in [0.25, 0.3) is 5.91 Å². The summed E-state index contributed by atoms with van der Waals surface area (Å²) in [6, 6.07) is 3.18. The largest absolute Gasteiger partial charge is 0.353 e. The highest BCUT2D eigenvalue weighted by Crippen LogP contribution is 2.21. The number of amides is 2. The van der Waals surface area contributed by atoms with Crippen LogP contribution in [0.1, 0.15) is 49.9 Å². The molecule has 2 amide bonds. The second kappa shape index (κ2) is 10.2. The summed E-state index contributed by atoms with van der Waals surface area (Å²) in [4.78, 5) is 29.1. The fraction of sp³-hybridized carbons (Fsp3) is 0.565.